The number of carbonyl (C=O) groups is 2. The molecule has 0 saturated carbocycles. The minimum absolute atomic E-state index is 0.0204. The molecule has 1 aliphatic heterocycles. The zero-order valence-corrected chi connectivity index (χ0v) is 18.0. The van der Waals surface area contributed by atoms with E-state index in [1.54, 1.807) is 25.3 Å². The summed E-state index contributed by atoms with van der Waals surface area (Å²) in [5.41, 5.74) is 2.10. The number of carbonyl (C=O) groups excluding carboxylic acids is 2. The van der Waals surface area contributed by atoms with E-state index in [1.807, 2.05) is 24.3 Å². The lowest BCUT2D eigenvalue weighted by molar-refractivity contribution is -0.114. The van der Waals surface area contributed by atoms with Crippen molar-refractivity contribution in [3.63, 3.8) is 0 Å². The molecule has 0 spiro atoms. The number of benzene rings is 2. The highest BCUT2D eigenvalue weighted by Gasteiger charge is 2.26. The number of nitrogens with zero attached hydrogens (tertiary/aromatic N) is 1. The van der Waals surface area contributed by atoms with Gasteiger partial charge in [0.25, 0.3) is 0 Å². The van der Waals surface area contributed by atoms with Crippen molar-refractivity contribution in [1.29, 1.82) is 0 Å². The molecule has 0 bridgehead atoms. The van der Waals surface area contributed by atoms with Crippen molar-refractivity contribution in [3.05, 3.63) is 53.1 Å². The molecule has 1 saturated heterocycles. The maximum atomic E-state index is 12.5. The number of nitrogens with one attached hydrogen (secondary N) is 3. The molecule has 0 aliphatic carbocycles. The second-order valence-corrected chi connectivity index (χ2v) is 7.62. The first kappa shape index (κ1) is 21.9. The summed E-state index contributed by atoms with van der Waals surface area (Å²) in [7, 11) is 1.66. The summed E-state index contributed by atoms with van der Waals surface area (Å²) in [5.74, 6) is 0.627. The third-order valence-electron chi connectivity index (χ3n) is 5.07. The van der Waals surface area contributed by atoms with Crippen LogP contribution in [-0.2, 0) is 4.79 Å². The summed E-state index contributed by atoms with van der Waals surface area (Å²) in [6, 6.07) is 12.5. The molecule has 7 nitrogen and oxygen atoms in total. The summed E-state index contributed by atoms with van der Waals surface area (Å²) in [5, 5.41) is 8.73. The summed E-state index contributed by atoms with van der Waals surface area (Å²) >= 11 is 6.24. The van der Waals surface area contributed by atoms with E-state index in [4.69, 9.17) is 16.3 Å². The third-order valence-corrected chi connectivity index (χ3v) is 5.39. The lowest BCUT2D eigenvalue weighted by Gasteiger charge is -2.29. The van der Waals surface area contributed by atoms with Gasteiger partial charge in [0, 0.05) is 24.7 Å². The van der Waals surface area contributed by atoms with Crippen LogP contribution in [0.4, 0.5) is 16.2 Å². The standard InChI is InChI=1S/C22H27ClN4O3/c1-15(28)25-16-9-10-19(18(23)13-16)26-22(29)24-14-20(27-11-5-6-12-27)17-7-3-4-8-21(17)30-2/h3-4,7-10,13,20H,5-6,11-12,14H2,1-2H3,(H,25,28)(H2,24,26,29). The Labute approximate surface area is 181 Å². The van der Waals surface area contributed by atoms with Crippen molar-refractivity contribution in [2.75, 3.05) is 37.4 Å². The van der Waals surface area contributed by atoms with Crippen LogP contribution in [0.1, 0.15) is 31.4 Å². The number of methoxy groups -OCH3 is 1. The van der Waals surface area contributed by atoms with E-state index >= 15 is 0 Å². The summed E-state index contributed by atoms with van der Waals surface area (Å²) in [6.45, 7) is 3.84. The van der Waals surface area contributed by atoms with Crippen molar-refractivity contribution in [1.82, 2.24) is 10.2 Å². The van der Waals surface area contributed by atoms with E-state index in [0.29, 0.717) is 22.9 Å². The van der Waals surface area contributed by atoms with Gasteiger partial charge in [-0.1, -0.05) is 29.8 Å². The van der Waals surface area contributed by atoms with Crippen molar-refractivity contribution < 1.29 is 14.3 Å². The SMILES string of the molecule is COc1ccccc1C(CNC(=O)Nc1ccc(NC(C)=O)cc1Cl)N1CCCC1. The maximum Gasteiger partial charge on any atom is 0.319 e. The van der Waals surface area contributed by atoms with Gasteiger partial charge in [0.15, 0.2) is 0 Å². The lowest BCUT2D eigenvalue weighted by Crippen LogP contribution is -2.38. The monoisotopic (exact) mass is 430 g/mol. The van der Waals surface area contributed by atoms with E-state index in [-0.39, 0.29) is 18.0 Å². The predicted molar refractivity (Wildman–Crippen MR) is 119 cm³/mol. The summed E-state index contributed by atoms with van der Waals surface area (Å²) in [4.78, 5) is 26.1. The van der Waals surface area contributed by atoms with Crippen molar-refractivity contribution in [3.8, 4) is 5.75 Å². The van der Waals surface area contributed by atoms with E-state index in [2.05, 4.69) is 20.9 Å². The first-order valence-corrected chi connectivity index (χ1v) is 10.3. The molecule has 3 N–H and O–H groups in total. The first-order valence-electron chi connectivity index (χ1n) is 9.97. The van der Waals surface area contributed by atoms with Crippen LogP contribution < -0.4 is 20.7 Å². The van der Waals surface area contributed by atoms with Gasteiger partial charge < -0.3 is 20.7 Å². The second kappa shape index (κ2) is 10.3. The molecule has 1 fully saturated rings. The number of amides is 3. The van der Waals surface area contributed by atoms with Gasteiger partial charge in [-0.25, -0.2) is 4.79 Å². The van der Waals surface area contributed by atoms with Gasteiger partial charge in [-0.15, -0.1) is 0 Å². The Hall–Kier alpha value is -2.77. The van der Waals surface area contributed by atoms with Crippen LogP contribution in [0.2, 0.25) is 5.02 Å². The Morgan fingerprint density at radius 3 is 2.53 bits per heavy atom. The zero-order chi connectivity index (χ0) is 21.5. The zero-order valence-electron chi connectivity index (χ0n) is 17.2. The van der Waals surface area contributed by atoms with E-state index in [1.165, 1.54) is 6.92 Å². The number of rotatable bonds is 7. The number of urea groups is 1. The van der Waals surface area contributed by atoms with Gasteiger partial charge in [-0.3, -0.25) is 9.69 Å². The fourth-order valence-electron chi connectivity index (χ4n) is 3.68. The molecule has 1 aliphatic rings. The Kier molecular flexibility index (Phi) is 7.54. The molecule has 1 atom stereocenters. The highest BCUT2D eigenvalue weighted by molar-refractivity contribution is 6.34. The van der Waals surface area contributed by atoms with E-state index < -0.39 is 0 Å². The molecule has 3 rings (SSSR count). The van der Waals surface area contributed by atoms with E-state index in [0.717, 1.165) is 37.2 Å². The van der Waals surface area contributed by atoms with Crippen LogP contribution >= 0.6 is 11.6 Å². The summed E-state index contributed by atoms with van der Waals surface area (Å²) in [6.07, 6.45) is 2.29. The van der Waals surface area contributed by atoms with Crippen LogP contribution in [0.3, 0.4) is 0 Å². The van der Waals surface area contributed by atoms with Crippen molar-refractivity contribution in [2.45, 2.75) is 25.8 Å². The fraction of sp³-hybridized carbons (Fsp3) is 0.364. The Balaban J connectivity index is 1.67. The molecule has 1 unspecified atom stereocenters. The molecule has 0 radical (unpaired) electrons. The van der Waals surface area contributed by atoms with Crippen LogP contribution in [0.25, 0.3) is 0 Å². The Morgan fingerprint density at radius 1 is 1.13 bits per heavy atom. The fourth-order valence-corrected chi connectivity index (χ4v) is 3.91. The second-order valence-electron chi connectivity index (χ2n) is 7.21. The number of halogens is 1. The number of hydrogen-bond acceptors (Lipinski definition) is 4. The van der Waals surface area contributed by atoms with Gasteiger partial charge in [0.1, 0.15) is 5.75 Å². The number of ether oxygens (including phenoxy) is 1. The average Bonchev–Trinajstić information content (AvgIpc) is 3.24. The highest BCUT2D eigenvalue weighted by atomic mass is 35.5. The molecule has 1 heterocycles. The minimum Gasteiger partial charge on any atom is -0.496 e. The number of para-hydroxylation sites is 1. The van der Waals surface area contributed by atoms with Crippen molar-refractivity contribution in [2.24, 2.45) is 0 Å². The smallest absolute Gasteiger partial charge is 0.319 e. The van der Waals surface area contributed by atoms with Gasteiger partial charge in [-0.2, -0.15) is 0 Å². The molecule has 8 heteroatoms. The van der Waals surface area contributed by atoms with Gasteiger partial charge in [-0.05, 0) is 50.2 Å². The van der Waals surface area contributed by atoms with Crippen LogP contribution in [0, 0.1) is 0 Å². The van der Waals surface area contributed by atoms with Crippen molar-refractivity contribution >= 4 is 34.9 Å². The minimum atomic E-state index is -0.344. The Morgan fingerprint density at radius 2 is 1.87 bits per heavy atom. The molecule has 3 amide bonds. The van der Waals surface area contributed by atoms with Gasteiger partial charge >= 0.3 is 6.03 Å². The average molecular weight is 431 g/mol. The largest absolute Gasteiger partial charge is 0.496 e. The molecule has 30 heavy (non-hydrogen) atoms. The molecule has 2 aromatic carbocycles. The first-order chi connectivity index (χ1) is 14.5. The highest BCUT2D eigenvalue weighted by Crippen LogP contribution is 2.31. The lowest BCUT2D eigenvalue weighted by atomic mass is 10.0. The number of likely N-dealkylation sites (tertiary alicyclic amines) is 1. The molecule has 2 aromatic rings. The van der Waals surface area contributed by atoms with Crippen LogP contribution in [0.15, 0.2) is 42.5 Å². The van der Waals surface area contributed by atoms with Crippen LogP contribution in [-0.4, -0.2) is 43.6 Å². The third kappa shape index (κ3) is 5.64. The summed E-state index contributed by atoms with van der Waals surface area (Å²) < 4.78 is 5.54. The maximum absolute atomic E-state index is 12.5. The van der Waals surface area contributed by atoms with Gasteiger partial charge in [0.05, 0.1) is 23.9 Å². The molecular weight excluding hydrogens is 404 g/mol. The predicted octanol–water partition coefficient (Wildman–Crippen LogP) is 4.27. The normalized spacial score (nSPS) is 14.8. The van der Waals surface area contributed by atoms with E-state index in [9.17, 15) is 9.59 Å². The quantitative estimate of drug-likeness (QED) is 0.612. The van der Waals surface area contributed by atoms with Crippen LogP contribution in [0.5, 0.6) is 5.75 Å². The Bertz CT molecular complexity index is 900. The number of anilines is 2. The van der Waals surface area contributed by atoms with Gasteiger partial charge in [0.2, 0.25) is 5.91 Å². The molecule has 0 aromatic heterocycles. The molecular formula is C22H27ClN4O3. The molecule has 160 valence electrons. The topological polar surface area (TPSA) is 82.7 Å². The number of hydrogen-bond donors (Lipinski definition) is 3.